The Balaban J connectivity index is 2.31. The third-order valence-electron chi connectivity index (χ3n) is 2.66. The van der Waals surface area contributed by atoms with Crippen molar-refractivity contribution in [1.29, 1.82) is 0 Å². The predicted molar refractivity (Wildman–Crippen MR) is 75.8 cm³/mol. The van der Waals surface area contributed by atoms with Gasteiger partial charge in [-0.15, -0.1) is 0 Å². The van der Waals surface area contributed by atoms with Gasteiger partial charge in [-0.1, -0.05) is 28.1 Å². The Morgan fingerprint density at radius 2 is 2.05 bits per heavy atom. The molecule has 0 atom stereocenters. The van der Waals surface area contributed by atoms with Gasteiger partial charge in [-0.25, -0.2) is 0 Å². The molecule has 0 N–H and O–H groups in total. The highest BCUT2D eigenvalue weighted by Crippen LogP contribution is 2.12. The maximum absolute atomic E-state index is 12.0. The molecule has 102 valence electrons. The van der Waals surface area contributed by atoms with Gasteiger partial charge in [0.2, 0.25) is 0 Å². The zero-order valence-corrected chi connectivity index (χ0v) is 11.7. The van der Waals surface area contributed by atoms with Crippen LogP contribution in [0.5, 0.6) is 0 Å². The summed E-state index contributed by atoms with van der Waals surface area (Å²) in [6, 6.07) is 9.21. The molecule has 0 spiro atoms. The van der Waals surface area contributed by atoms with E-state index in [1.807, 2.05) is 0 Å². The van der Waals surface area contributed by atoms with E-state index in [1.165, 1.54) is 12.3 Å². The minimum Gasteiger partial charge on any atom is -0.302 e. The summed E-state index contributed by atoms with van der Waals surface area (Å²) in [6.07, 6.45) is 1.35. The van der Waals surface area contributed by atoms with E-state index >= 15 is 0 Å². The number of aromatic nitrogens is 1. The number of nitrogens with zero attached hydrogens (tertiary/aromatic N) is 2. The second-order valence-corrected chi connectivity index (χ2v) is 4.93. The molecule has 2 rings (SSSR count). The number of carbonyl (C=O) groups is 1. The fourth-order valence-corrected chi connectivity index (χ4v) is 2.09. The van der Waals surface area contributed by atoms with E-state index in [1.54, 1.807) is 24.3 Å². The minimum absolute atomic E-state index is 0.239. The fourth-order valence-electron chi connectivity index (χ4n) is 1.70. The summed E-state index contributed by atoms with van der Waals surface area (Å²) >= 11 is 3.25. The molecule has 0 radical (unpaired) electrons. The number of Topliss-reactive ketones (excluding diaryl/α,β-unsaturated/α-hetero) is 1. The van der Waals surface area contributed by atoms with Crippen molar-refractivity contribution in [2.75, 3.05) is 0 Å². The summed E-state index contributed by atoms with van der Waals surface area (Å²) in [7, 11) is 0. The molecule has 0 aliphatic rings. The summed E-state index contributed by atoms with van der Waals surface area (Å²) in [5, 5.41) is 10.7. The van der Waals surface area contributed by atoms with Gasteiger partial charge in [0.25, 0.3) is 0 Å². The number of pyridine rings is 1. The highest BCUT2D eigenvalue weighted by molar-refractivity contribution is 9.10. The number of nitro groups is 1. The maximum atomic E-state index is 12.0. The Morgan fingerprint density at radius 3 is 2.70 bits per heavy atom. The molecule has 1 aromatic carbocycles. The largest absolute Gasteiger partial charge is 0.334 e. The van der Waals surface area contributed by atoms with E-state index in [-0.39, 0.29) is 12.3 Å². The number of hydrogen-bond acceptors (Lipinski definition) is 4. The predicted octanol–water partition coefficient (Wildman–Crippen LogP) is 2.40. The monoisotopic (exact) mass is 336 g/mol. The maximum Gasteiger partial charge on any atom is 0.334 e. The topological polar surface area (TPSA) is 82.2 Å². The molecule has 0 fully saturated rings. The molecule has 1 aromatic heterocycles. The van der Waals surface area contributed by atoms with Crippen LogP contribution < -0.4 is 5.56 Å². The Kier molecular flexibility index (Phi) is 4.09. The van der Waals surface area contributed by atoms with Crippen LogP contribution in [0.15, 0.2) is 51.9 Å². The van der Waals surface area contributed by atoms with E-state index in [2.05, 4.69) is 15.9 Å². The summed E-state index contributed by atoms with van der Waals surface area (Å²) in [5.41, 5.74) is -0.909. The van der Waals surface area contributed by atoms with Gasteiger partial charge in [-0.05, 0) is 18.2 Å². The van der Waals surface area contributed by atoms with Crippen molar-refractivity contribution < 1.29 is 9.72 Å². The Morgan fingerprint density at radius 1 is 1.30 bits per heavy atom. The molecule has 0 amide bonds. The van der Waals surface area contributed by atoms with Crippen LogP contribution in [0.25, 0.3) is 0 Å². The molecular formula is C13H9BrN2O4. The summed E-state index contributed by atoms with van der Waals surface area (Å²) < 4.78 is 1.77. The third kappa shape index (κ3) is 3.00. The van der Waals surface area contributed by atoms with Crippen molar-refractivity contribution in [3.05, 3.63) is 73.1 Å². The van der Waals surface area contributed by atoms with E-state index in [4.69, 9.17) is 0 Å². The van der Waals surface area contributed by atoms with Gasteiger partial charge in [0.1, 0.15) is 0 Å². The van der Waals surface area contributed by atoms with Crippen molar-refractivity contribution in [1.82, 2.24) is 4.57 Å². The first-order valence-electron chi connectivity index (χ1n) is 5.61. The van der Waals surface area contributed by atoms with Crippen LogP contribution in [0, 0.1) is 10.1 Å². The van der Waals surface area contributed by atoms with Gasteiger partial charge in [-0.3, -0.25) is 19.7 Å². The zero-order valence-electron chi connectivity index (χ0n) is 10.2. The van der Waals surface area contributed by atoms with Gasteiger partial charge in [0.05, 0.1) is 11.5 Å². The van der Waals surface area contributed by atoms with Crippen LogP contribution in [0.3, 0.4) is 0 Å². The minimum atomic E-state index is -0.791. The summed E-state index contributed by atoms with van der Waals surface area (Å²) in [5.74, 6) is -0.297. The second-order valence-electron chi connectivity index (χ2n) is 4.02. The van der Waals surface area contributed by atoms with Crippen LogP contribution >= 0.6 is 15.9 Å². The van der Waals surface area contributed by atoms with Gasteiger partial charge in [0.15, 0.2) is 5.78 Å². The average molecular weight is 337 g/mol. The molecule has 0 bridgehead atoms. The van der Waals surface area contributed by atoms with Crippen molar-refractivity contribution in [2.24, 2.45) is 0 Å². The lowest BCUT2D eigenvalue weighted by atomic mass is 10.1. The lowest BCUT2D eigenvalue weighted by Gasteiger charge is -2.05. The zero-order chi connectivity index (χ0) is 14.7. The van der Waals surface area contributed by atoms with Crippen LogP contribution in [0.1, 0.15) is 10.4 Å². The second kappa shape index (κ2) is 5.79. The van der Waals surface area contributed by atoms with Gasteiger partial charge in [0, 0.05) is 22.3 Å². The normalized spacial score (nSPS) is 10.2. The smallest absolute Gasteiger partial charge is 0.302 e. The summed E-state index contributed by atoms with van der Waals surface area (Å²) in [4.78, 5) is 33.8. The number of rotatable bonds is 4. The molecule has 7 heteroatoms. The molecule has 6 nitrogen and oxygen atoms in total. The van der Waals surface area contributed by atoms with Crippen LogP contribution in [-0.4, -0.2) is 15.3 Å². The molecule has 0 unspecified atom stereocenters. The highest BCUT2D eigenvalue weighted by atomic mass is 79.9. The van der Waals surface area contributed by atoms with Crippen molar-refractivity contribution in [3.63, 3.8) is 0 Å². The van der Waals surface area contributed by atoms with E-state index in [9.17, 15) is 19.7 Å². The van der Waals surface area contributed by atoms with Gasteiger partial charge < -0.3 is 4.57 Å². The first-order chi connectivity index (χ1) is 9.49. The van der Waals surface area contributed by atoms with Crippen molar-refractivity contribution in [2.45, 2.75) is 6.54 Å². The lowest BCUT2D eigenvalue weighted by Crippen LogP contribution is -2.25. The summed E-state index contributed by atoms with van der Waals surface area (Å²) in [6.45, 7) is -0.239. The first kappa shape index (κ1) is 14.1. The number of hydrogen-bond donors (Lipinski definition) is 0. The van der Waals surface area contributed by atoms with Crippen molar-refractivity contribution >= 4 is 27.4 Å². The number of ketones is 1. The molecule has 0 aliphatic carbocycles. The van der Waals surface area contributed by atoms with Gasteiger partial charge >= 0.3 is 11.2 Å². The molecule has 1 heterocycles. The SMILES string of the molecule is O=C(Cn1cccc([N+](=O)[O-])c1=O)c1cccc(Br)c1. The van der Waals surface area contributed by atoms with Gasteiger partial charge in [-0.2, -0.15) is 0 Å². The molecular weight excluding hydrogens is 328 g/mol. The Hall–Kier alpha value is -2.28. The number of benzene rings is 1. The molecule has 20 heavy (non-hydrogen) atoms. The number of halogens is 1. The quantitative estimate of drug-likeness (QED) is 0.487. The van der Waals surface area contributed by atoms with Crippen LogP contribution in [0.4, 0.5) is 5.69 Å². The van der Waals surface area contributed by atoms with Crippen molar-refractivity contribution in [3.8, 4) is 0 Å². The Bertz CT molecular complexity index is 739. The Labute approximate surface area is 121 Å². The number of carbonyl (C=O) groups excluding carboxylic acids is 1. The van der Waals surface area contributed by atoms with E-state index < -0.39 is 16.2 Å². The molecule has 0 saturated heterocycles. The first-order valence-corrected chi connectivity index (χ1v) is 6.41. The fraction of sp³-hybridized carbons (Fsp3) is 0.0769. The van der Waals surface area contributed by atoms with Crippen LogP contribution in [0.2, 0.25) is 0 Å². The standard InChI is InChI=1S/C13H9BrN2O4/c14-10-4-1-3-9(7-10)12(17)8-15-6-2-5-11(13(15)18)16(19)20/h1-7H,8H2. The molecule has 0 saturated carbocycles. The lowest BCUT2D eigenvalue weighted by molar-refractivity contribution is -0.386. The molecule has 0 aliphatic heterocycles. The third-order valence-corrected chi connectivity index (χ3v) is 3.15. The highest BCUT2D eigenvalue weighted by Gasteiger charge is 2.15. The average Bonchev–Trinajstić information content (AvgIpc) is 2.40. The molecule has 2 aromatic rings. The van der Waals surface area contributed by atoms with Crippen LogP contribution in [-0.2, 0) is 6.54 Å². The van der Waals surface area contributed by atoms with E-state index in [0.717, 1.165) is 15.1 Å². The van der Waals surface area contributed by atoms with E-state index in [0.29, 0.717) is 5.56 Å².